The first-order chi connectivity index (χ1) is 6.77. The van der Waals surface area contributed by atoms with Crippen LogP contribution in [0.1, 0.15) is 20.3 Å². The molecular formula is C10H19NO3. The Kier molecular flexibility index (Phi) is 4.73. The van der Waals surface area contributed by atoms with Crippen LogP contribution in [0.3, 0.4) is 0 Å². The van der Waals surface area contributed by atoms with Crippen LogP contribution in [0.2, 0.25) is 0 Å². The molecule has 4 heteroatoms. The lowest BCUT2D eigenvalue weighted by molar-refractivity contribution is 0.100. The molecule has 1 fully saturated rings. The van der Waals surface area contributed by atoms with Gasteiger partial charge in [0.15, 0.2) is 0 Å². The zero-order chi connectivity index (χ0) is 10.4. The van der Waals surface area contributed by atoms with Crippen LogP contribution in [-0.2, 0) is 9.47 Å². The molecule has 1 amide bonds. The van der Waals surface area contributed by atoms with Crippen LogP contribution in [0.15, 0.2) is 0 Å². The Labute approximate surface area is 85.2 Å². The van der Waals surface area contributed by atoms with Crippen LogP contribution in [0.5, 0.6) is 0 Å². The van der Waals surface area contributed by atoms with Gasteiger partial charge in [0.2, 0.25) is 0 Å². The van der Waals surface area contributed by atoms with Crippen LogP contribution in [-0.4, -0.2) is 43.9 Å². The van der Waals surface area contributed by atoms with Gasteiger partial charge in [0, 0.05) is 25.6 Å². The monoisotopic (exact) mass is 201 g/mol. The Morgan fingerprint density at radius 1 is 1.57 bits per heavy atom. The predicted molar refractivity (Wildman–Crippen MR) is 53.2 cm³/mol. The molecule has 1 saturated heterocycles. The third-order valence-corrected chi connectivity index (χ3v) is 2.41. The number of ether oxygens (including phenoxy) is 2. The third-order valence-electron chi connectivity index (χ3n) is 2.41. The van der Waals surface area contributed by atoms with Gasteiger partial charge in [-0.3, -0.25) is 0 Å². The summed E-state index contributed by atoms with van der Waals surface area (Å²) in [4.78, 5) is 13.2. The summed E-state index contributed by atoms with van der Waals surface area (Å²) in [7, 11) is 0. The second-order valence-electron chi connectivity index (χ2n) is 3.47. The summed E-state index contributed by atoms with van der Waals surface area (Å²) in [6.07, 6.45) is 0.845. The lowest BCUT2D eigenvalue weighted by Gasteiger charge is -2.22. The Bertz CT molecular complexity index is 178. The van der Waals surface area contributed by atoms with E-state index >= 15 is 0 Å². The van der Waals surface area contributed by atoms with E-state index in [1.54, 1.807) is 4.90 Å². The van der Waals surface area contributed by atoms with Crippen LogP contribution in [0.4, 0.5) is 4.79 Å². The van der Waals surface area contributed by atoms with Crippen molar-refractivity contribution in [1.29, 1.82) is 0 Å². The zero-order valence-electron chi connectivity index (χ0n) is 8.99. The highest BCUT2D eigenvalue weighted by Crippen LogP contribution is 2.14. The second-order valence-corrected chi connectivity index (χ2v) is 3.47. The molecule has 4 nitrogen and oxygen atoms in total. The fourth-order valence-corrected chi connectivity index (χ4v) is 1.59. The summed E-state index contributed by atoms with van der Waals surface area (Å²) >= 11 is 0. The van der Waals surface area contributed by atoms with E-state index in [1.165, 1.54) is 0 Å². The van der Waals surface area contributed by atoms with Crippen molar-refractivity contribution in [2.24, 2.45) is 5.92 Å². The van der Waals surface area contributed by atoms with Crippen molar-refractivity contribution in [3.05, 3.63) is 0 Å². The fourth-order valence-electron chi connectivity index (χ4n) is 1.59. The molecule has 1 aliphatic rings. The molecule has 0 saturated carbocycles. The van der Waals surface area contributed by atoms with Crippen LogP contribution >= 0.6 is 0 Å². The molecule has 0 aliphatic carbocycles. The van der Waals surface area contributed by atoms with Crippen molar-refractivity contribution >= 4 is 6.09 Å². The minimum Gasteiger partial charge on any atom is -0.450 e. The number of hydrogen-bond acceptors (Lipinski definition) is 3. The van der Waals surface area contributed by atoms with Gasteiger partial charge in [-0.25, -0.2) is 4.79 Å². The number of nitrogens with zero attached hydrogens (tertiary/aromatic N) is 1. The number of carbonyl (C=O) groups is 1. The van der Waals surface area contributed by atoms with Gasteiger partial charge in [0.1, 0.15) is 0 Å². The number of amides is 1. The average Bonchev–Trinajstić information content (AvgIpc) is 2.66. The summed E-state index contributed by atoms with van der Waals surface area (Å²) in [6.45, 7) is 7.29. The highest BCUT2D eigenvalue weighted by molar-refractivity contribution is 5.67. The first kappa shape index (κ1) is 11.3. The van der Waals surface area contributed by atoms with Crippen LogP contribution in [0, 0.1) is 5.92 Å². The van der Waals surface area contributed by atoms with E-state index in [0.29, 0.717) is 19.1 Å². The molecule has 1 unspecified atom stereocenters. The van der Waals surface area contributed by atoms with Crippen LogP contribution in [0.25, 0.3) is 0 Å². The molecule has 1 heterocycles. The predicted octanol–water partition coefficient (Wildman–Crippen LogP) is 1.50. The maximum atomic E-state index is 11.4. The summed E-state index contributed by atoms with van der Waals surface area (Å²) in [5, 5.41) is 0. The van der Waals surface area contributed by atoms with E-state index < -0.39 is 0 Å². The van der Waals surface area contributed by atoms with Crippen molar-refractivity contribution in [1.82, 2.24) is 4.90 Å². The third kappa shape index (κ3) is 3.18. The van der Waals surface area contributed by atoms with E-state index in [2.05, 4.69) is 0 Å². The summed E-state index contributed by atoms with van der Waals surface area (Å²) in [5.41, 5.74) is 0. The second kappa shape index (κ2) is 5.86. The van der Waals surface area contributed by atoms with Crippen molar-refractivity contribution in [2.45, 2.75) is 20.3 Å². The van der Waals surface area contributed by atoms with Gasteiger partial charge in [-0.15, -0.1) is 0 Å². The van der Waals surface area contributed by atoms with Gasteiger partial charge in [0.25, 0.3) is 0 Å². The first-order valence-electron chi connectivity index (χ1n) is 5.27. The Balaban J connectivity index is 2.33. The topological polar surface area (TPSA) is 38.8 Å². The van der Waals surface area contributed by atoms with E-state index in [1.807, 2.05) is 13.8 Å². The van der Waals surface area contributed by atoms with E-state index in [9.17, 15) is 4.79 Å². The SMILES string of the molecule is CCOC(=O)N(CC)CC1CCOC1. The molecule has 0 aromatic rings. The summed E-state index contributed by atoms with van der Waals surface area (Å²) < 4.78 is 10.2. The number of carbonyl (C=O) groups excluding carboxylic acids is 1. The summed E-state index contributed by atoms with van der Waals surface area (Å²) in [5.74, 6) is 0.486. The minimum atomic E-state index is -0.207. The normalized spacial score (nSPS) is 20.9. The zero-order valence-corrected chi connectivity index (χ0v) is 8.99. The van der Waals surface area contributed by atoms with Crippen molar-refractivity contribution in [3.8, 4) is 0 Å². The molecule has 1 rings (SSSR count). The average molecular weight is 201 g/mol. The lowest BCUT2D eigenvalue weighted by Crippen LogP contribution is -2.35. The number of hydrogen-bond donors (Lipinski definition) is 0. The molecule has 82 valence electrons. The molecule has 0 aromatic carbocycles. The Morgan fingerprint density at radius 3 is 2.86 bits per heavy atom. The van der Waals surface area contributed by atoms with Gasteiger partial charge in [-0.1, -0.05) is 0 Å². The van der Waals surface area contributed by atoms with Gasteiger partial charge >= 0.3 is 6.09 Å². The molecule has 0 aromatic heterocycles. The standard InChI is InChI=1S/C10H19NO3/c1-3-11(10(12)14-4-2)7-9-5-6-13-8-9/h9H,3-8H2,1-2H3. The number of rotatable bonds is 4. The quantitative estimate of drug-likeness (QED) is 0.692. The largest absolute Gasteiger partial charge is 0.450 e. The Morgan fingerprint density at radius 2 is 2.36 bits per heavy atom. The van der Waals surface area contributed by atoms with Gasteiger partial charge < -0.3 is 14.4 Å². The van der Waals surface area contributed by atoms with Gasteiger partial charge in [0.05, 0.1) is 13.2 Å². The molecule has 0 bridgehead atoms. The van der Waals surface area contributed by atoms with Crippen molar-refractivity contribution in [2.75, 3.05) is 32.9 Å². The highest BCUT2D eigenvalue weighted by atomic mass is 16.6. The van der Waals surface area contributed by atoms with E-state index in [4.69, 9.17) is 9.47 Å². The smallest absolute Gasteiger partial charge is 0.409 e. The Hall–Kier alpha value is -0.770. The van der Waals surface area contributed by atoms with Gasteiger partial charge in [-0.05, 0) is 20.3 Å². The summed E-state index contributed by atoms with van der Waals surface area (Å²) in [6, 6.07) is 0. The lowest BCUT2D eigenvalue weighted by atomic mass is 10.1. The van der Waals surface area contributed by atoms with Gasteiger partial charge in [-0.2, -0.15) is 0 Å². The molecule has 1 aliphatic heterocycles. The molecule has 0 spiro atoms. The maximum absolute atomic E-state index is 11.4. The minimum absolute atomic E-state index is 0.207. The van der Waals surface area contributed by atoms with Crippen LogP contribution < -0.4 is 0 Å². The fraction of sp³-hybridized carbons (Fsp3) is 0.900. The van der Waals surface area contributed by atoms with E-state index in [-0.39, 0.29) is 6.09 Å². The van der Waals surface area contributed by atoms with E-state index in [0.717, 1.165) is 26.2 Å². The van der Waals surface area contributed by atoms with Crippen molar-refractivity contribution in [3.63, 3.8) is 0 Å². The molecule has 0 radical (unpaired) electrons. The first-order valence-corrected chi connectivity index (χ1v) is 5.27. The molecule has 1 atom stereocenters. The molecule has 0 N–H and O–H groups in total. The molecular weight excluding hydrogens is 182 g/mol. The van der Waals surface area contributed by atoms with Crippen molar-refractivity contribution < 1.29 is 14.3 Å². The highest BCUT2D eigenvalue weighted by Gasteiger charge is 2.21. The molecule has 14 heavy (non-hydrogen) atoms. The maximum Gasteiger partial charge on any atom is 0.409 e.